The predicted octanol–water partition coefficient (Wildman–Crippen LogP) is 2.65. The van der Waals surface area contributed by atoms with Gasteiger partial charge in [0.05, 0.1) is 19.8 Å². The van der Waals surface area contributed by atoms with Crippen LogP contribution in [0.2, 0.25) is 0 Å². The Bertz CT molecular complexity index is 534. The van der Waals surface area contributed by atoms with E-state index in [1.54, 1.807) is 0 Å². The van der Waals surface area contributed by atoms with Crippen LogP contribution in [0.3, 0.4) is 0 Å². The molecule has 0 unspecified atom stereocenters. The fourth-order valence-electron chi connectivity index (χ4n) is 2.71. The van der Waals surface area contributed by atoms with E-state index in [9.17, 15) is 0 Å². The number of morpholine rings is 1. The van der Waals surface area contributed by atoms with Gasteiger partial charge in [0.15, 0.2) is 5.96 Å². The molecule has 0 spiro atoms. The highest BCUT2D eigenvalue weighted by molar-refractivity contribution is 5.92. The SMILES string of the molecule is CC(C)c1cccc(NC(N)=NCC(C)(C)N2CCOCC2)c1. The van der Waals surface area contributed by atoms with Crippen LogP contribution in [-0.4, -0.2) is 49.2 Å². The van der Waals surface area contributed by atoms with Crippen molar-refractivity contribution in [2.24, 2.45) is 10.7 Å². The van der Waals surface area contributed by atoms with E-state index >= 15 is 0 Å². The highest BCUT2D eigenvalue weighted by Crippen LogP contribution is 2.19. The molecule has 0 saturated carbocycles. The van der Waals surface area contributed by atoms with E-state index in [1.165, 1.54) is 5.56 Å². The number of benzene rings is 1. The summed E-state index contributed by atoms with van der Waals surface area (Å²) in [6.07, 6.45) is 0. The molecule has 0 aliphatic carbocycles. The van der Waals surface area contributed by atoms with E-state index in [0.717, 1.165) is 32.0 Å². The van der Waals surface area contributed by atoms with Gasteiger partial charge in [-0.15, -0.1) is 0 Å². The molecule has 1 saturated heterocycles. The first-order valence-electron chi connectivity index (χ1n) is 8.38. The van der Waals surface area contributed by atoms with Crippen molar-refractivity contribution in [2.75, 3.05) is 38.2 Å². The summed E-state index contributed by atoms with van der Waals surface area (Å²) in [5.41, 5.74) is 8.32. The van der Waals surface area contributed by atoms with Crippen LogP contribution >= 0.6 is 0 Å². The van der Waals surface area contributed by atoms with Crippen molar-refractivity contribution >= 4 is 11.6 Å². The highest BCUT2D eigenvalue weighted by atomic mass is 16.5. The van der Waals surface area contributed by atoms with E-state index in [0.29, 0.717) is 18.4 Å². The summed E-state index contributed by atoms with van der Waals surface area (Å²) >= 11 is 0. The van der Waals surface area contributed by atoms with Crippen LogP contribution < -0.4 is 11.1 Å². The van der Waals surface area contributed by atoms with Gasteiger partial charge in [-0.1, -0.05) is 26.0 Å². The second kappa shape index (κ2) is 7.79. The van der Waals surface area contributed by atoms with E-state index in [2.05, 4.69) is 55.0 Å². The number of ether oxygens (including phenoxy) is 1. The summed E-state index contributed by atoms with van der Waals surface area (Å²) in [5.74, 6) is 0.961. The molecular weight excluding hydrogens is 288 g/mol. The van der Waals surface area contributed by atoms with Crippen LogP contribution in [0.1, 0.15) is 39.2 Å². The molecule has 1 heterocycles. The van der Waals surface area contributed by atoms with Gasteiger partial charge in [-0.3, -0.25) is 9.89 Å². The molecule has 0 bridgehead atoms. The largest absolute Gasteiger partial charge is 0.379 e. The molecular formula is C18H30N4O. The molecule has 0 radical (unpaired) electrons. The number of rotatable bonds is 5. The van der Waals surface area contributed by atoms with Gasteiger partial charge in [0.2, 0.25) is 0 Å². The summed E-state index contributed by atoms with van der Waals surface area (Å²) < 4.78 is 5.42. The van der Waals surface area contributed by atoms with E-state index in [1.807, 2.05) is 12.1 Å². The number of anilines is 1. The van der Waals surface area contributed by atoms with Crippen molar-refractivity contribution in [3.63, 3.8) is 0 Å². The predicted molar refractivity (Wildman–Crippen MR) is 97.1 cm³/mol. The maximum Gasteiger partial charge on any atom is 0.193 e. The van der Waals surface area contributed by atoms with Crippen molar-refractivity contribution in [3.8, 4) is 0 Å². The van der Waals surface area contributed by atoms with Crippen LogP contribution in [0.5, 0.6) is 0 Å². The molecule has 1 aromatic carbocycles. The summed E-state index contributed by atoms with van der Waals surface area (Å²) in [5, 5.41) is 3.20. The quantitative estimate of drug-likeness (QED) is 0.647. The molecule has 5 heteroatoms. The Labute approximate surface area is 139 Å². The Hall–Kier alpha value is -1.59. The number of hydrogen-bond donors (Lipinski definition) is 2. The monoisotopic (exact) mass is 318 g/mol. The second-order valence-corrected chi connectivity index (χ2v) is 7.02. The van der Waals surface area contributed by atoms with Crippen molar-refractivity contribution in [1.82, 2.24) is 4.90 Å². The van der Waals surface area contributed by atoms with Crippen LogP contribution in [-0.2, 0) is 4.74 Å². The third-order valence-corrected chi connectivity index (χ3v) is 4.33. The third-order valence-electron chi connectivity index (χ3n) is 4.33. The molecule has 1 aromatic rings. The number of aliphatic imine (C=N–C) groups is 1. The summed E-state index contributed by atoms with van der Waals surface area (Å²) in [6, 6.07) is 8.31. The van der Waals surface area contributed by atoms with Crippen molar-refractivity contribution < 1.29 is 4.74 Å². The lowest BCUT2D eigenvalue weighted by molar-refractivity contribution is -0.00680. The maximum atomic E-state index is 6.06. The normalized spacial score (nSPS) is 17.5. The first kappa shape index (κ1) is 17.8. The lowest BCUT2D eigenvalue weighted by Gasteiger charge is -2.39. The van der Waals surface area contributed by atoms with Gasteiger partial charge >= 0.3 is 0 Å². The average molecular weight is 318 g/mol. The van der Waals surface area contributed by atoms with Gasteiger partial charge in [0.25, 0.3) is 0 Å². The van der Waals surface area contributed by atoms with E-state index in [4.69, 9.17) is 10.5 Å². The van der Waals surface area contributed by atoms with Crippen molar-refractivity contribution in [1.29, 1.82) is 0 Å². The minimum atomic E-state index is -0.0180. The molecule has 0 amide bonds. The minimum absolute atomic E-state index is 0.0180. The molecule has 1 aliphatic rings. The molecule has 0 atom stereocenters. The number of nitrogens with two attached hydrogens (primary N) is 1. The van der Waals surface area contributed by atoms with Crippen molar-refractivity contribution in [3.05, 3.63) is 29.8 Å². The topological polar surface area (TPSA) is 62.9 Å². The zero-order chi connectivity index (χ0) is 16.9. The lowest BCUT2D eigenvalue weighted by atomic mass is 10.0. The zero-order valence-corrected chi connectivity index (χ0v) is 14.8. The van der Waals surface area contributed by atoms with Gasteiger partial charge in [-0.05, 0) is 37.5 Å². The molecule has 1 fully saturated rings. The molecule has 1 aliphatic heterocycles. The standard InChI is InChI=1S/C18H30N4O/c1-14(2)15-6-5-7-16(12-15)21-17(19)20-13-18(3,4)22-8-10-23-11-9-22/h5-7,12,14H,8-11,13H2,1-4H3,(H3,19,20,21). The molecule has 5 nitrogen and oxygen atoms in total. The fourth-order valence-corrected chi connectivity index (χ4v) is 2.71. The van der Waals surface area contributed by atoms with Gasteiger partial charge in [0.1, 0.15) is 0 Å². The Morgan fingerprint density at radius 2 is 2.04 bits per heavy atom. The highest BCUT2D eigenvalue weighted by Gasteiger charge is 2.27. The third kappa shape index (κ3) is 5.22. The van der Waals surface area contributed by atoms with Crippen LogP contribution in [0.4, 0.5) is 5.69 Å². The molecule has 2 rings (SSSR count). The second-order valence-electron chi connectivity index (χ2n) is 7.02. The number of nitrogens with zero attached hydrogens (tertiary/aromatic N) is 2. The fraction of sp³-hybridized carbons (Fsp3) is 0.611. The summed E-state index contributed by atoms with van der Waals surface area (Å²) in [6.45, 7) is 12.9. The first-order chi connectivity index (χ1) is 10.9. The Morgan fingerprint density at radius 3 is 2.70 bits per heavy atom. The first-order valence-corrected chi connectivity index (χ1v) is 8.38. The number of guanidine groups is 1. The Morgan fingerprint density at radius 1 is 1.35 bits per heavy atom. The van der Waals surface area contributed by atoms with E-state index in [-0.39, 0.29) is 5.54 Å². The summed E-state index contributed by atoms with van der Waals surface area (Å²) in [7, 11) is 0. The van der Waals surface area contributed by atoms with Gasteiger partial charge in [-0.25, -0.2) is 0 Å². The van der Waals surface area contributed by atoms with Crippen molar-refractivity contribution in [2.45, 2.75) is 39.2 Å². The zero-order valence-electron chi connectivity index (χ0n) is 14.8. The smallest absolute Gasteiger partial charge is 0.193 e. The molecule has 128 valence electrons. The van der Waals surface area contributed by atoms with E-state index < -0.39 is 0 Å². The number of nitrogens with one attached hydrogen (secondary N) is 1. The van der Waals surface area contributed by atoms with Crippen LogP contribution in [0.25, 0.3) is 0 Å². The Balaban J connectivity index is 1.95. The van der Waals surface area contributed by atoms with Gasteiger partial charge in [0, 0.05) is 24.3 Å². The molecule has 0 aromatic heterocycles. The summed E-state index contributed by atoms with van der Waals surface area (Å²) in [4.78, 5) is 6.95. The van der Waals surface area contributed by atoms with Crippen LogP contribution in [0, 0.1) is 0 Å². The lowest BCUT2D eigenvalue weighted by Crippen LogP contribution is -2.51. The van der Waals surface area contributed by atoms with Gasteiger partial charge < -0.3 is 15.8 Å². The molecule has 23 heavy (non-hydrogen) atoms. The number of hydrogen-bond acceptors (Lipinski definition) is 3. The van der Waals surface area contributed by atoms with Gasteiger partial charge in [-0.2, -0.15) is 0 Å². The Kier molecular flexibility index (Phi) is 6.02. The maximum absolute atomic E-state index is 6.06. The average Bonchev–Trinajstić information content (AvgIpc) is 2.54. The minimum Gasteiger partial charge on any atom is -0.379 e. The molecule has 3 N–H and O–H groups in total. The van der Waals surface area contributed by atoms with Crippen LogP contribution in [0.15, 0.2) is 29.3 Å².